The lowest BCUT2D eigenvalue weighted by atomic mass is 9.61. The van der Waals surface area contributed by atoms with Crippen LogP contribution in [0, 0.1) is 35.0 Å². The highest BCUT2D eigenvalue weighted by Gasteiger charge is 2.70. The summed E-state index contributed by atoms with van der Waals surface area (Å²) >= 11 is 8.66. The fraction of sp³-hybridized carbons (Fsp3) is 0.885. The topological polar surface area (TPSA) is 97.7 Å². The number of carbonyl (C=O) groups excluding carboxylic acids is 2. The first-order valence-corrected chi connectivity index (χ1v) is 14.5. The number of hydrogen-bond donors (Lipinski definition) is 1. The number of carbonyl (C=O) groups is 2. The van der Waals surface area contributed by atoms with Gasteiger partial charge in [0.25, 0.3) is 0 Å². The van der Waals surface area contributed by atoms with E-state index in [2.05, 4.69) is 11.4 Å². The van der Waals surface area contributed by atoms with E-state index in [1.807, 2.05) is 18.7 Å². The molecule has 7 nitrogen and oxygen atoms in total. The van der Waals surface area contributed by atoms with E-state index in [4.69, 9.17) is 25.8 Å². The van der Waals surface area contributed by atoms with Gasteiger partial charge in [0.2, 0.25) is 0 Å². The van der Waals surface area contributed by atoms with Crippen molar-refractivity contribution in [1.82, 2.24) is 5.32 Å². The second-order valence-corrected chi connectivity index (χ2v) is 13.1. The minimum Gasteiger partial charge on any atom is -0.380 e. The number of hydrogen-bond acceptors (Lipinski definition) is 8. The number of nitriles is 1. The van der Waals surface area contributed by atoms with Crippen LogP contribution in [0.15, 0.2) is 0 Å². The average molecular weight is 525 g/mol. The normalized spacial score (nSPS) is 48.4. The van der Waals surface area contributed by atoms with Gasteiger partial charge in [0, 0.05) is 44.1 Å². The maximum absolute atomic E-state index is 14.3. The summed E-state index contributed by atoms with van der Waals surface area (Å²) in [7, 11) is 3.24. The molecule has 2 saturated heterocycles. The first-order valence-electron chi connectivity index (χ1n) is 13.1. The third-order valence-corrected chi connectivity index (χ3v) is 11.4. The quantitative estimate of drug-likeness (QED) is 0.558. The Hall–Kier alpha value is -0.690. The van der Waals surface area contributed by atoms with Gasteiger partial charge in [0.1, 0.15) is 11.4 Å². The van der Waals surface area contributed by atoms with Gasteiger partial charge in [0.05, 0.1) is 53.0 Å². The first-order chi connectivity index (χ1) is 16.8. The van der Waals surface area contributed by atoms with Crippen LogP contribution in [0.25, 0.3) is 0 Å². The van der Waals surface area contributed by atoms with Crippen molar-refractivity contribution >= 4 is 34.9 Å². The predicted octanol–water partition coefficient (Wildman–Crippen LogP) is 3.47. The minimum absolute atomic E-state index is 0.00567. The SMILES string of the molecule is COC1CC(OC)C2C(=O)[C@@]3(OC2C1Cl)C1NC(SC2CCCCC2)C(C#N)CC1C(=O)C[C@H]3C. The van der Waals surface area contributed by atoms with E-state index in [1.54, 1.807) is 14.2 Å². The van der Waals surface area contributed by atoms with Crippen molar-refractivity contribution in [1.29, 1.82) is 5.26 Å². The summed E-state index contributed by atoms with van der Waals surface area (Å²) in [5, 5.41) is 13.5. The van der Waals surface area contributed by atoms with Crippen LogP contribution in [-0.2, 0) is 23.8 Å². The van der Waals surface area contributed by atoms with Crippen LogP contribution in [0.5, 0.6) is 0 Å². The zero-order valence-electron chi connectivity index (χ0n) is 20.8. The summed E-state index contributed by atoms with van der Waals surface area (Å²) in [6.45, 7) is 1.95. The summed E-state index contributed by atoms with van der Waals surface area (Å²) in [6, 6.07) is 2.00. The average Bonchev–Trinajstić information content (AvgIpc) is 3.18. The number of ether oxygens (including phenoxy) is 3. The van der Waals surface area contributed by atoms with E-state index in [9.17, 15) is 14.9 Å². The third kappa shape index (κ3) is 4.19. The summed E-state index contributed by atoms with van der Waals surface area (Å²) in [4.78, 5) is 27.6. The lowest BCUT2D eigenvalue weighted by Gasteiger charge is -2.52. The number of nitrogens with zero attached hydrogens (tertiary/aromatic N) is 1. The molecule has 5 fully saturated rings. The molecule has 9 unspecified atom stereocenters. The van der Waals surface area contributed by atoms with Crippen molar-refractivity contribution in [3.05, 3.63) is 0 Å². The van der Waals surface area contributed by atoms with Crippen LogP contribution in [-0.4, -0.2) is 71.7 Å². The molecule has 2 heterocycles. The van der Waals surface area contributed by atoms with Crippen LogP contribution >= 0.6 is 23.4 Å². The monoisotopic (exact) mass is 524 g/mol. The number of Topliss-reactive ketones (excluding diaryl/α,β-unsaturated/α-hetero) is 2. The summed E-state index contributed by atoms with van der Waals surface area (Å²) in [6.07, 6.45) is 6.10. The molecule has 3 aliphatic carbocycles. The van der Waals surface area contributed by atoms with Crippen molar-refractivity contribution in [3.63, 3.8) is 0 Å². The van der Waals surface area contributed by atoms with Gasteiger partial charge in [-0.15, -0.1) is 23.4 Å². The first kappa shape index (κ1) is 25.9. The maximum Gasteiger partial charge on any atom is 0.174 e. The van der Waals surface area contributed by atoms with Crippen molar-refractivity contribution in [2.24, 2.45) is 23.7 Å². The third-order valence-electron chi connectivity index (χ3n) is 9.30. The zero-order chi connectivity index (χ0) is 24.9. The summed E-state index contributed by atoms with van der Waals surface area (Å²) in [5.41, 5.74) is -1.16. The molecule has 5 rings (SSSR count). The van der Waals surface area contributed by atoms with Gasteiger partial charge >= 0.3 is 0 Å². The van der Waals surface area contributed by atoms with E-state index in [0.717, 1.165) is 12.8 Å². The second-order valence-electron chi connectivity index (χ2n) is 11.1. The van der Waals surface area contributed by atoms with E-state index >= 15 is 0 Å². The van der Waals surface area contributed by atoms with Crippen LogP contribution in [0.1, 0.15) is 58.3 Å². The lowest BCUT2D eigenvalue weighted by molar-refractivity contribution is -0.170. The Kier molecular flexibility index (Phi) is 7.58. The van der Waals surface area contributed by atoms with Gasteiger partial charge in [0.15, 0.2) is 5.78 Å². The molecule has 1 spiro atoms. The number of thioether (sulfide) groups is 1. The fourth-order valence-electron chi connectivity index (χ4n) is 7.44. The highest BCUT2D eigenvalue weighted by atomic mass is 35.5. The van der Waals surface area contributed by atoms with E-state index in [1.165, 1.54) is 19.3 Å². The molecule has 0 aromatic heterocycles. The molecule has 2 aliphatic heterocycles. The molecule has 0 aromatic carbocycles. The van der Waals surface area contributed by atoms with Crippen LogP contribution in [0.3, 0.4) is 0 Å². The van der Waals surface area contributed by atoms with E-state index in [0.29, 0.717) is 18.1 Å². The van der Waals surface area contributed by atoms with Gasteiger partial charge in [-0.3, -0.25) is 14.9 Å². The number of rotatable bonds is 4. The largest absolute Gasteiger partial charge is 0.380 e. The Bertz CT molecular complexity index is 878. The standard InChI is InChI=1S/C26H37ClN2O5S/c1-13-9-17(30)16-10-14(12-28)25(35-15-7-5-4-6-8-15)29-23(16)26(13)24(31)20-18(32-2)11-19(33-3)21(27)22(20)34-26/h13-16,18-23,25,29H,4-11H2,1-3H3/t13-,14?,16?,18?,19?,20?,21?,22?,23?,25?,26+/m1/s1. The molecular formula is C26H37ClN2O5S. The Balaban J connectivity index is 1.49. The summed E-state index contributed by atoms with van der Waals surface area (Å²) in [5.74, 6) is -1.37. The fourth-order valence-corrected chi connectivity index (χ4v) is 9.46. The van der Waals surface area contributed by atoms with Crippen LogP contribution < -0.4 is 5.32 Å². The van der Waals surface area contributed by atoms with Crippen molar-refractivity contribution in [2.45, 2.75) is 104 Å². The predicted molar refractivity (Wildman–Crippen MR) is 133 cm³/mol. The Labute approximate surface area is 217 Å². The van der Waals surface area contributed by atoms with Crippen molar-refractivity contribution in [3.8, 4) is 6.07 Å². The highest BCUT2D eigenvalue weighted by molar-refractivity contribution is 8.00. The van der Waals surface area contributed by atoms with Gasteiger partial charge in [-0.25, -0.2) is 0 Å². The molecular weight excluding hydrogens is 488 g/mol. The van der Waals surface area contributed by atoms with Gasteiger partial charge in [-0.1, -0.05) is 26.2 Å². The molecule has 1 N–H and O–H groups in total. The molecule has 0 aromatic rings. The van der Waals surface area contributed by atoms with Crippen molar-refractivity contribution < 1.29 is 23.8 Å². The molecule has 35 heavy (non-hydrogen) atoms. The van der Waals surface area contributed by atoms with Gasteiger partial charge in [-0.2, -0.15) is 5.26 Å². The number of piperidine rings is 1. The highest BCUT2D eigenvalue weighted by Crippen LogP contribution is 2.54. The smallest absolute Gasteiger partial charge is 0.174 e. The second kappa shape index (κ2) is 10.2. The van der Waals surface area contributed by atoms with E-state index < -0.39 is 35.0 Å². The molecule has 9 heteroatoms. The zero-order valence-corrected chi connectivity index (χ0v) is 22.4. The Morgan fingerprint density at radius 2 is 1.86 bits per heavy atom. The van der Waals surface area contributed by atoms with Crippen LogP contribution in [0.2, 0.25) is 0 Å². The number of ketones is 2. The number of methoxy groups -OCH3 is 2. The molecule has 3 saturated carbocycles. The van der Waals surface area contributed by atoms with E-state index in [-0.39, 0.29) is 47.4 Å². The molecule has 5 aliphatic rings. The molecule has 194 valence electrons. The maximum atomic E-state index is 14.3. The van der Waals surface area contributed by atoms with Gasteiger partial charge in [-0.05, 0) is 19.3 Å². The summed E-state index contributed by atoms with van der Waals surface area (Å²) < 4.78 is 18.2. The molecule has 0 radical (unpaired) electrons. The van der Waals surface area contributed by atoms with Gasteiger partial charge < -0.3 is 14.2 Å². The van der Waals surface area contributed by atoms with Crippen molar-refractivity contribution in [2.75, 3.05) is 14.2 Å². The number of alkyl halides is 1. The number of halogens is 1. The van der Waals surface area contributed by atoms with Crippen LogP contribution in [0.4, 0.5) is 0 Å². The molecule has 11 atom stereocenters. The number of fused-ring (bicyclic) bond motifs is 3. The Morgan fingerprint density at radius 3 is 2.51 bits per heavy atom. The number of nitrogens with one attached hydrogen (secondary N) is 1. The Morgan fingerprint density at radius 1 is 1.14 bits per heavy atom. The lowest BCUT2D eigenvalue weighted by Crippen LogP contribution is -2.71. The minimum atomic E-state index is -1.16. The molecule has 0 amide bonds. The molecule has 0 bridgehead atoms.